The number of carbonyl (C=O) groups excluding carboxylic acids is 1. The number of amides is 1. The molecular weight excluding hydrogens is 490 g/mol. The minimum atomic E-state index is -1.30. The number of halogens is 1. The second-order valence-electron chi connectivity index (χ2n) is 8.95. The van der Waals surface area contributed by atoms with Gasteiger partial charge in [-0.25, -0.2) is 0 Å². The van der Waals surface area contributed by atoms with Gasteiger partial charge in [-0.15, -0.1) is 0 Å². The molecule has 1 amide bonds. The van der Waals surface area contributed by atoms with Crippen molar-refractivity contribution in [2.24, 2.45) is 0 Å². The fourth-order valence-electron chi connectivity index (χ4n) is 3.73. The van der Waals surface area contributed by atoms with Gasteiger partial charge in [-0.3, -0.25) is 4.79 Å². The highest BCUT2D eigenvalue weighted by molar-refractivity contribution is 9.10. The van der Waals surface area contributed by atoms with Crippen molar-refractivity contribution in [2.45, 2.75) is 32.2 Å². The van der Waals surface area contributed by atoms with E-state index in [1.807, 2.05) is 71.6 Å². The molecule has 171 valence electrons. The Kier molecular flexibility index (Phi) is 8.84. The van der Waals surface area contributed by atoms with E-state index < -0.39 is 9.04 Å². The standard InChI is InChI=1S/C22H25BrNO2Si.C6H6/c1-16(15-26-27(22(2,3)4)18-10-6-5-7-11-18)21(25)24-14-13-17-9-8-12-19(23)20(17)24;1-2-4-6-5-3-1/h5-12H,1,13-15H2,2-4H3;1-6H. The molecule has 1 aliphatic rings. The summed E-state index contributed by atoms with van der Waals surface area (Å²) in [4.78, 5) is 14.8. The highest BCUT2D eigenvalue weighted by Gasteiger charge is 2.33. The molecule has 0 bridgehead atoms. The SMILES string of the molecule is C=C(CO[Si](c1ccccc1)C(C)(C)C)C(=O)N1CCc2cccc(Br)c21.c1ccccc1. The first-order valence-corrected chi connectivity index (χ1v) is 13.3. The number of benzene rings is 3. The lowest BCUT2D eigenvalue weighted by molar-refractivity contribution is -0.115. The highest BCUT2D eigenvalue weighted by Crippen LogP contribution is 2.36. The van der Waals surface area contributed by atoms with E-state index >= 15 is 0 Å². The summed E-state index contributed by atoms with van der Waals surface area (Å²) in [6, 6.07) is 28.4. The van der Waals surface area contributed by atoms with Crippen molar-refractivity contribution in [1.82, 2.24) is 0 Å². The van der Waals surface area contributed by atoms with Crippen LogP contribution in [0.1, 0.15) is 26.3 Å². The normalized spacial score (nSPS) is 12.7. The number of rotatable bonds is 5. The third kappa shape index (κ3) is 6.76. The lowest BCUT2D eigenvalue weighted by Gasteiger charge is -2.29. The Morgan fingerprint density at radius 2 is 1.55 bits per heavy atom. The van der Waals surface area contributed by atoms with Crippen molar-refractivity contribution in [3.63, 3.8) is 0 Å². The van der Waals surface area contributed by atoms with Crippen molar-refractivity contribution < 1.29 is 9.22 Å². The molecule has 0 atom stereocenters. The summed E-state index contributed by atoms with van der Waals surface area (Å²) in [7, 11) is -1.30. The van der Waals surface area contributed by atoms with Crippen LogP contribution in [0.25, 0.3) is 0 Å². The van der Waals surface area contributed by atoms with Gasteiger partial charge in [-0.2, -0.15) is 0 Å². The molecule has 4 rings (SSSR count). The molecule has 33 heavy (non-hydrogen) atoms. The zero-order valence-electron chi connectivity index (χ0n) is 19.6. The number of para-hydroxylation sites is 1. The summed E-state index contributed by atoms with van der Waals surface area (Å²) >= 11 is 3.57. The Morgan fingerprint density at radius 3 is 2.12 bits per heavy atom. The van der Waals surface area contributed by atoms with E-state index in [0.29, 0.717) is 12.1 Å². The summed E-state index contributed by atoms with van der Waals surface area (Å²) in [5.74, 6) is -0.0519. The van der Waals surface area contributed by atoms with Gasteiger partial charge >= 0.3 is 0 Å². The Hall–Kier alpha value is -2.47. The maximum Gasteiger partial charge on any atom is 0.255 e. The first-order valence-electron chi connectivity index (χ1n) is 11.1. The van der Waals surface area contributed by atoms with E-state index in [4.69, 9.17) is 4.43 Å². The Bertz CT molecular complexity index is 1040. The van der Waals surface area contributed by atoms with Gasteiger partial charge in [0.15, 0.2) is 0 Å². The van der Waals surface area contributed by atoms with Gasteiger partial charge in [-0.1, -0.05) is 106 Å². The van der Waals surface area contributed by atoms with E-state index in [0.717, 1.165) is 16.6 Å². The first-order chi connectivity index (χ1) is 15.8. The molecule has 1 heterocycles. The van der Waals surface area contributed by atoms with Crippen LogP contribution in [0, 0.1) is 0 Å². The predicted molar refractivity (Wildman–Crippen MR) is 143 cm³/mol. The van der Waals surface area contributed by atoms with Crippen molar-refractivity contribution in [3.8, 4) is 0 Å². The van der Waals surface area contributed by atoms with Crippen LogP contribution >= 0.6 is 15.9 Å². The van der Waals surface area contributed by atoms with E-state index in [9.17, 15) is 4.79 Å². The van der Waals surface area contributed by atoms with E-state index in [1.54, 1.807) is 0 Å². The largest absolute Gasteiger partial charge is 0.407 e. The molecule has 0 aromatic heterocycles. The van der Waals surface area contributed by atoms with Gasteiger partial charge in [0.05, 0.1) is 12.3 Å². The average Bonchev–Trinajstić information content (AvgIpc) is 3.25. The summed E-state index contributed by atoms with van der Waals surface area (Å²) in [6.45, 7) is 11.5. The summed E-state index contributed by atoms with van der Waals surface area (Å²) in [6.07, 6.45) is 0.871. The Labute approximate surface area is 208 Å². The second-order valence-corrected chi connectivity index (χ2v) is 12.8. The van der Waals surface area contributed by atoms with Gasteiger partial charge in [0.25, 0.3) is 14.9 Å². The monoisotopic (exact) mass is 520 g/mol. The Balaban J connectivity index is 0.000000442. The minimum Gasteiger partial charge on any atom is -0.407 e. The molecule has 0 N–H and O–H groups in total. The first kappa shape index (κ1) is 25.2. The van der Waals surface area contributed by atoms with Crippen LogP contribution < -0.4 is 10.1 Å². The maximum absolute atomic E-state index is 13.0. The van der Waals surface area contributed by atoms with Crippen molar-refractivity contribution >= 4 is 41.8 Å². The van der Waals surface area contributed by atoms with Crippen LogP contribution in [0.2, 0.25) is 5.04 Å². The van der Waals surface area contributed by atoms with Crippen LogP contribution in [-0.4, -0.2) is 28.1 Å². The molecule has 0 saturated carbocycles. The van der Waals surface area contributed by atoms with Crippen LogP contribution in [0.15, 0.2) is 102 Å². The molecule has 3 nitrogen and oxygen atoms in total. The summed E-state index contributed by atoms with van der Waals surface area (Å²) < 4.78 is 7.24. The quantitative estimate of drug-likeness (QED) is 0.292. The number of carbonyl (C=O) groups is 1. The third-order valence-corrected chi connectivity index (χ3v) is 8.56. The number of fused-ring (bicyclic) bond motifs is 1. The van der Waals surface area contributed by atoms with Crippen LogP contribution in [0.5, 0.6) is 0 Å². The van der Waals surface area contributed by atoms with Gasteiger partial charge in [0.2, 0.25) is 0 Å². The van der Waals surface area contributed by atoms with E-state index in [2.05, 4.69) is 61.5 Å². The molecule has 1 aliphatic heterocycles. The molecule has 3 aromatic carbocycles. The zero-order valence-corrected chi connectivity index (χ0v) is 22.1. The van der Waals surface area contributed by atoms with Gasteiger partial charge in [0.1, 0.15) is 0 Å². The van der Waals surface area contributed by atoms with E-state index in [1.165, 1.54) is 10.8 Å². The fraction of sp³-hybridized carbons (Fsp3) is 0.250. The number of anilines is 1. The number of nitrogens with zero attached hydrogens (tertiary/aromatic N) is 1. The highest BCUT2D eigenvalue weighted by atomic mass is 79.9. The molecule has 0 unspecified atom stereocenters. The number of hydrogen-bond acceptors (Lipinski definition) is 2. The van der Waals surface area contributed by atoms with Crippen molar-refractivity contribution in [1.29, 1.82) is 0 Å². The van der Waals surface area contributed by atoms with Gasteiger partial charge < -0.3 is 9.33 Å². The third-order valence-electron chi connectivity index (χ3n) is 5.27. The second kappa shape index (κ2) is 11.6. The van der Waals surface area contributed by atoms with Crippen LogP contribution in [0.4, 0.5) is 5.69 Å². The van der Waals surface area contributed by atoms with E-state index in [-0.39, 0.29) is 17.6 Å². The molecular formula is C28H31BrNO2Si. The molecule has 5 heteroatoms. The molecule has 3 aromatic rings. The van der Waals surface area contributed by atoms with Crippen molar-refractivity contribution in [3.05, 3.63) is 107 Å². The summed E-state index contributed by atoms with van der Waals surface area (Å²) in [5.41, 5.74) is 2.66. The zero-order chi connectivity index (χ0) is 23.8. The molecule has 0 saturated heterocycles. The van der Waals surface area contributed by atoms with Crippen molar-refractivity contribution in [2.75, 3.05) is 18.1 Å². The lowest BCUT2D eigenvalue weighted by atomic mass is 10.2. The average molecular weight is 522 g/mol. The topological polar surface area (TPSA) is 29.5 Å². The smallest absolute Gasteiger partial charge is 0.255 e. The van der Waals surface area contributed by atoms with Gasteiger partial charge in [0, 0.05) is 16.6 Å². The maximum atomic E-state index is 13.0. The number of hydrogen-bond donors (Lipinski definition) is 0. The molecule has 1 radical (unpaired) electrons. The summed E-state index contributed by atoms with van der Waals surface area (Å²) in [5, 5.41) is 1.23. The fourth-order valence-corrected chi connectivity index (χ4v) is 6.63. The molecule has 0 aliphatic carbocycles. The van der Waals surface area contributed by atoms with Crippen LogP contribution in [0.3, 0.4) is 0 Å². The van der Waals surface area contributed by atoms with Crippen LogP contribution in [-0.2, 0) is 15.6 Å². The molecule has 0 spiro atoms. The minimum absolute atomic E-state index is 0.0125. The predicted octanol–water partition coefficient (Wildman–Crippen LogP) is 6.30. The van der Waals surface area contributed by atoms with Gasteiger partial charge in [-0.05, 0) is 44.2 Å². The Morgan fingerprint density at radius 1 is 0.970 bits per heavy atom. The molecule has 0 fully saturated rings. The lowest BCUT2D eigenvalue weighted by Crippen LogP contribution is -2.43.